The summed E-state index contributed by atoms with van der Waals surface area (Å²) in [5.41, 5.74) is 5.76. The van der Waals surface area contributed by atoms with Gasteiger partial charge in [0.05, 0.1) is 13.2 Å². The van der Waals surface area contributed by atoms with E-state index in [2.05, 4.69) is 17.8 Å². The third-order valence-electron chi connectivity index (χ3n) is 1.62. The summed E-state index contributed by atoms with van der Waals surface area (Å²) in [5.74, 6) is -0.123. The number of methoxy groups -OCH3 is 2. The lowest BCUT2D eigenvalue weighted by Crippen LogP contribution is -2.53. The Balaban J connectivity index is 3.79. The van der Waals surface area contributed by atoms with Crippen molar-refractivity contribution in [1.82, 2.24) is 16.0 Å². The van der Waals surface area contributed by atoms with Gasteiger partial charge in [-0.05, 0) is 6.92 Å². The van der Waals surface area contributed by atoms with Crippen molar-refractivity contribution in [1.29, 1.82) is 0 Å². The Morgan fingerprint density at radius 2 is 1.67 bits per heavy atom. The number of hydrazine groups is 2. The average Bonchev–Trinajstić information content (AvgIpc) is 2.26. The Morgan fingerprint density at radius 1 is 1.20 bits per heavy atom. The fraction of sp³-hybridized carbons (Fsp3) is 0.778. The third kappa shape index (κ3) is 7.26. The van der Waals surface area contributed by atoms with Crippen LogP contribution < -0.4 is 10.9 Å². The molecule has 0 aliphatic heterocycles. The second-order valence-corrected chi connectivity index (χ2v) is 2.78. The molecule has 0 aliphatic rings. The summed E-state index contributed by atoms with van der Waals surface area (Å²) >= 11 is 0. The first-order valence-corrected chi connectivity index (χ1v) is 4.83. The van der Waals surface area contributed by atoms with Crippen LogP contribution in [0.1, 0.15) is 6.42 Å². The van der Waals surface area contributed by atoms with Gasteiger partial charge in [0.25, 0.3) is 5.91 Å². The second kappa shape index (κ2) is 9.85. The second-order valence-electron chi connectivity index (χ2n) is 2.78. The minimum Gasteiger partial charge on any atom is -0.383 e. The maximum Gasteiger partial charge on any atom is 0.251 e. The predicted octanol–water partition coefficient (Wildman–Crippen LogP) is -0.659. The van der Waals surface area contributed by atoms with Gasteiger partial charge >= 0.3 is 0 Å². The summed E-state index contributed by atoms with van der Waals surface area (Å²) in [6, 6.07) is 0. The van der Waals surface area contributed by atoms with E-state index in [1.165, 1.54) is 5.12 Å². The van der Waals surface area contributed by atoms with Crippen LogP contribution in [0.25, 0.3) is 0 Å². The first-order valence-electron chi connectivity index (χ1n) is 4.83. The van der Waals surface area contributed by atoms with Crippen molar-refractivity contribution in [3.63, 3.8) is 0 Å². The lowest BCUT2D eigenvalue weighted by Gasteiger charge is -2.23. The minimum atomic E-state index is -0.123. The van der Waals surface area contributed by atoms with Crippen molar-refractivity contribution in [2.24, 2.45) is 0 Å². The highest BCUT2D eigenvalue weighted by Crippen LogP contribution is 1.85. The van der Waals surface area contributed by atoms with E-state index < -0.39 is 0 Å². The number of nitrogens with zero attached hydrogens (tertiary/aromatic N) is 1. The Labute approximate surface area is 90.8 Å². The highest BCUT2D eigenvalue weighted by molar-refractivity contribution is 5.75. The monoisotopic (exact) mass is 218 g/mol. The van der Waals surface area contributed by atoms with Crippen molar-refractivity contribution >= 4 is 5.91 Å². The molecule has 0 aromatic rings. The van der Waals surface area contributed by atoms with Gasteiger partial charge in [0.15, 0.2) is 0 Å². The Morgan fingerprint density at radius 3 is 2.00 bits per heavy atom. The van der Waals surface area contributed by atoms with E-state index in [4.69, 9.17) is 9.47 Å². The lowest BCUT2D eigenvalue weighted by atomic mass is 10.5. The van der Waals surface area contributed by atoms with Crippen LogP contribution in [-0.4, -0.2) is 51.5 Å². The van der Waals surface area contributed by atoms with Gasteiger partial charge in [-0.2, -0.15) is 0 Å². The molecule has 89 valence electrons. The molecule has 0 unspecified atom stereocenters. The number of ether oxygens (including phenoxy) is 2. The standard InChI is InChI=1S/C9H20N3O3/c1-4-9(13)12(10-5-7-14-2)11-6-8-15-3/h10-11H,1,4-8H2,2-3H3. The molecule has 6 nitrogen and oxygen atoms in total. The number of carbonyl (C=O) groups is 1. The Kier molecular flexibility index (Phi) is 9.40. The molecule has 6 heteroatoms. The lowest BCUT2D eigenvalue weighted by molar-refractivity contribution is -0.138. The maximum atomic E-state index is 11.4. The van der Waals surface area contributed by atoms with Crippen molar-refractivity contribution in [2.45, 2.75) is 6.42 Å². The molecule has 0 aromatic heterocycles. The number of nitrogens with one attached hydrogen (secondary N) is 2. The Hall–Kier alpha value is -0.690. The van der Waals surface area contributed by atoms with Crippen LogP contribution in [0.3, 0.4) is 0 Å². The van der Waals surface area contributed by atoms with E-state index in [0.717, 1.165) is 0 Å². The molecule has 1 amide bonds. The highest BCUT2D eigenvalue weighted by atomic mass is 16.5. The third-order valence-corrected chi connectivity index (χ3v) is 1.62. The molecule has 0 aromatic carbocycles. The van der Waals surface area contributed by atoms with E-state index in [0.29, 0.717) is 26.3 Å². The molecular formula is C9H20N3O3. The average molecular weight is 218 g/mol. The highest BCUT2D eigenvalue weighted by Gasteiger charge is 2.09. The van der Waals surface area contributed by atoms with E-state index in [1.54, 1.807) is 14.2 Å². The van der Waals surface area contributed by atoms with Gasteiger partial charge < -0.3 is 9.47 Å². The molecule has 15 heavy (non-hydrogen) atoms. The van der Waals surface area contributed by atoms with Crippen LogP contribution in [-0.2, 0) is 14.3 Å². The van der Waals surface area contributed by atoms with Gasteiger partial charge in [0.1, 0.15) is 0 Å². The van der Waals surface area contributed by atoms with Crippen LogP contribution in [0, 0.1) is 6.92 Å². The fourth-order valence-electron chi connectivity index (χ4n) is 0.863. The SMILES string of the molecule is [CH2]CC(=O)N(NCCOC)NCCOC. The smallest absolute Gasteiger partial charge is 0.251 e. The number of hydrogen-bond acceptors (Lipinski definition) is 5. The summed E-state index contributed by atoms with van der Waals surface area (Å²) in [4.78, 5) is 11.4. The number of carbonyl (C=O) groups excluding carboxylic acids is 1. The fourth-order valence-corrected chi connectivity index (χ4v) is 0.863. The van der Waals surface area contributed by atoms with Crippen molar-refractivity contribution < 1.29 is 14.3 Å². The molecule has 0 heterocycles. The molecule has 0 spiro atoms. The van der Waals surface area contributed by atoms with Gasteiger partial charge in [0, 0.05) is 33.7 Å². The summed E-state index contributed by atoms with van der Waals surface area (Å²) < 4.78 is 9.73. The zero-order valence-corrected chi connectivity index (χ0v) is 9.41. The summed E-state index contributed by atoms with van der Waals surface area (Å²) in [7, 11) is 3.21. The van der Waals surface area contributed by atoms with E-state index in [-0.39, 0.29) is 12.3 Å². The van der Waals surface area contributed by atoms with E-state index in [1.807, 2.05) is 0 Å². The molecule has 0 fully saturated rings. The number of hydrogen-bond donors (Lipinski definition) is 2. The summed E-state index contributed by atoms with van der Waals surface area (Å²) in [5, 5.41) is 1.32. The normalized spacial score (nSPS) is 10.3. The van der Waals surface area contributed by atoms with Crippen LogP contribution in [0.2, 0.25) is 0 Å². The largest absolute Gasteiger partial charge is 0.383 e. The quantitative estimate of drug-likeness (QED) is 0.397. The van der Waals surface area contributed by atoms with Gasteiger partial charge in [-0.1, -0.05) is 0 Å². The first-order chi connectivity index (χ1) is 7.26. The zero-order chi connectivity index (χ0) is 11.5. The van der Waals surface area contributed by atoms with Crippen LogP contribution >= 0.6 is 0 Å². The predicted molar refractivity (Wildman–Crippen MR) is 56.6 cm³/mol. The first kappa shape index (κ1) is 14.3. The van der Waals surface area contributed by atoms with Gasteiger partial charge in [0.2, 0.25) is 0 Å². The molecular weight excluding hydrogens is 198 g/mol. The van der Waals surface area contributed by atoms with Crippen molar-refractivity contribution in [3.05, 3.63) is 6.92 Å². The van der Waals surface area contributed by atoms with Crippen molar-refractivity contribution in [3.8, 4) is 0 Å². The van der Waals surface area contributed by atoms with Crippen LogP contribution in [0.4, 0.5) is 0 Å². The van der Waals surface area contributed by atoms with E-state index >= 15 is 0 Å². The summed E-state index contributed by atoms with van der Waals surface area (Å²) in [6.07, 6.45) is 0.194. The van der Waals surface area contributed by atoms with Gasteiger partial charge in [-0.3, -0.25) is 4.79 Å². The zero-order valence-electron chi connectivity index (χ0n) is 9.41. The Bertz CT molecular complexity index is 157. The number of amides is 1. The molecule has 0 atom stereocenters. The summed E-state index contributed by atoms with van der Waals surface area (Å²) in [6.45, 7) is 5.71. The van der Waals surface area contributed by atoms with E-state index in [9.17, 15) is 4.79 Å². The van der Waals surface area contributed by atoms with Crippen molar-refractivity contribution in [2.75, 3.05) is 40.5 Å². The van der Waals surface area contributed by atoms with Crippen LogP contribution in [0.5, 0.6) is 0 Å². The number of rotatable bonds is 9. The molecule has 2 N–H and O–H groups in total. The van der Waals surface area contributed by atoms with Gasteiger partial charge in [-0.15, -0.1) is 0 Å². The van der Waals surface area contributed by atoms with Crippen LogP contribution in [0.15, 0.2) is 0 Å². The molecule has 0 bridgehead atoms. The molecule has 0 saturated carbocycles. The molecule has 0 saturated heterocycles. The molecule has 0 aliphatic carbocycles. The maximum absolute atomic E-state index is 11.4. The minimum absolute atomic E-state index is 0.123. The molecule has 0 rings (SSSR count). The molecule has 1 radical (unpaired) electrons. The topological polar surface area (TPSA) is 62.8 Å². The van der Waals surface area contributed by atoms with Gasteiger partial charge in [-0.25, -0.2) is 16.0 Å².